The molecule has 0 saturated carbocycles. The van der Waals surface area contributed by atoms with Crippen LogP contribution in [0.1, 0.15) is 0 Å². The van der Waals surface area contributed by atoms with Gasteiger partial charge in [0.1, 0.15) is 5.52 Å². The molecular formula is C9H17N7O2. The first-order valence-corrected chi connectivity index (χ1v) is 5.34. The third-order valence-electron chi connectivity index (χ3n) is 2.28. The summed E-state index contributed by atoms with van der Waals surface area (Å²) in [6.45, 7) is 4.56. The van der Waals surface area contributed by atoms with Crippen molar-refractivity contribution in [3.05, 3.63) is 27.2 Å². The molecule has 0 amide bonds. The lowest BCUT2D eigenvalue weighted by Crippen LogP contribution is -2.39. The molecule has 2 aromatic heterocycles. The number of nitrogens with zero attached hydrogens (tertiary/aromatic N) is 1. The van der Waals surface area contributed by atoms with E-state index in [-0.39, 0.29) is 17.3 Å². The molecule has 9 nitrogen and oxygen atoms in total. The van der Waals surface area contributed by atoms with E-state index in [1.807, 2.05) is 0 Å². The molecule has 0 bridgehead atoms. The van der Waals surface area contributed by atoms with Crippen LogP contribution < -0.4 is 28.0 Å². The highest BCUT2D eigenvalue weighted by Crippen LogP contribution is 1.92. The van der Waals surface area contributed by atoms with Crippen molar-refractivity contribution in [3.8, 4) is 0 Å². The molecule has 0 aromatic carbocycles. The van der Waals surface area contributed by atoms with Gasteiger partial charge in [-0.3, -0.25) is 14.8 Å². The molecule has 18 heavy (non-hydrogen) atoms. The topological polar surface area (TPSA) is 153 Å². The molecular weight excluding hydrogens is 238 g/mol. The van der Waals surface area contributed by atoms with E-state index in [1.165, 1.54) is 6.33 Å². The van der Waals surface area contributed by atoms with Crippen LogP contribution >= 0.6 is 0 Å². The van der Waals surface area contributed by atoms with Crippen LogP contribution in [0.15, 0.2) is 15.9 Å². The highest BCUT2D eigenvalue weighted by Gasteiger charge is 1.99. The number of hydrogen-bond donors (Lipinski definition) is 6. The standard InChI is InChI=1S/C5H4N4O2.C4H10N2.H3N/c10-4-2-3(7-1-6-2)8-5(11)9-4;1-2-6-4-3-5-1;/h1H,(H3,6,7,8,9,10,11);5-6H,1-4H2;1H3. The molecule has 3 heterocycles. The maximum absolute atomic E-state index is 10.9. The minimum atomic E-state index is -0.547. The summed E-state index contributed by atoms with van der Waals surface area (Å²) in [6.07, 6.45) is 1.34. The molecule has 0 spiro atoms. The van der Waals surface area contributed by atoms with Gasteiger partial charge in [0.05, 0.1) is 6.33 Å². The predicted octanol–water partition coefficient (Wildman–Crippen LogP) is -1.72. The molecule has 1 saturated heterocycles. The summed E-state index contributed by atoms with van der Waals surface area (Å²) in [5.41, 5.74) is -0.445. The van der Waals surface area contributed by atoms with Gasteiger partial charge in [0.2, 0.25) is 0 Å². The zero-order valence-electron chi connectivity index (χ0n) is 9.88. The maximum atomic E-state index is 10.9. The zero-order valence-corrected chi connectivity index (χ0v) is 9.88. The van der Waals surface area contributed by atoms with E-state index < -0.39 is 11.2 Å². The van der Waals surface area contributed by atoms with Crippen LogP contribution in [-0.4, -0.2) is 46.1 Å². The Morgan fingerprint density at radius 1 is 1.00 bits per heavy atom. The van der Waals surface area contributed by atoms with Gasteiger partial charge in [-0.05, 0) is 0 Å². The van der Waals surface area contributed by atoms with E-state index in [0.717, 1.165) is 26.2 Å². The number of aromatic amines is 3. The summed E-state index contributed by atoms with van der Waals surface area (Å²) in [5, 5.41) is 6.44. The Hall–Kier alpha value is -1.97. The third-order valence-corrected chi connectivity index (χ3v) is 2.28. The third kappa shape index (κ3) is 3.52. The molecule has 100 valence electrons. The second-order valence-electron chi connectivity index (χ2n) is 3.53. The quantitative estimate of drug-likeness (QED) is 0.329. The van der Waals surface area contributed by atoms with Gasteiger partial charge in [-0.25, -0.2) is 9.78 Å². The number of imidazole rings is 1. The first-order valence-electron chi connectivity index (χ1n) is 5.34. The van der Waals surface area contributed by atoms with Crippen molar-refractivity contribution in [1.29, 1.82) is 0 Å². The van der Waals surface area contributed by atoms with Crippen molar-refractivity contribution in [3.63, 3.8) is 0 Å². The van der Waals surface area contributed by atoms with Gasteiger partial charge in [0, 0.05) is 26.2 Å². The minimum Gasteiger partial charge on any atom is -0.344 e. The van der Waals surface area contributed by atoms with Crippen LogP contribution in [0.25, 0.3) is 11.2 Å². The number of hydrogen-bond acceptors (Lipinski definition) is 6. The summed E-state index contributed by atoms with van der Waals surface area (Å²) >= 11 is 0. The average Bonchev–Trinajstić information content (AvgIpc) is 2.80. The highest BCUT2D eigenvalue weighted by atomic mass is 16.2. The van der Waals surface area contributed by atoms with Crippen LogP contribution in [-0.2, 0) is 0 Å². The first kappa shape index (κ1) is 14.1. The number of piperazine rings is 1. The average molecular weight is 255 g/mol. The fraction of sp³-hybridized carbons (Fsp3) is 0.444. The normalized spacial score (nSPS) is 14.4. The molecule has 0 aliphatic carbocycles. The number of rotatable bonds is 0. The lowest BCUT2D eigenvalue weighted by molar-refractivity contribution is 0.534. The number of aromatic nitrogens is 4. The molecule has 0 radical (unpaired) electrons. The van der Waals surface area contributed by atoms with Gasteiger partial charge in [0.25, 0.3) is 5.56 Å². The smallest absolute Gasteiger partial charge is 0.327 e. The van der Waals surface area contributed by atoms with Crippen molar-refractivity contribution in [2.24, 2.45) is 0 Å². The van der Waals surface area contributed by atoms with Crippen molar-refractivity contribution >= 4 is 11.2 Å². The van der Waals surface area contributed by atoms with Gasteiger partial charge in [-0.1, -0.05) is 0 Å². The Balaban J connectivity index is 0.000000199. The van der Waals surface area contributed by atoms with Crippen LogP contribution in [0.5, 0.6) is 0 Å². The molecule has 3 rings (SSSR count). The van der Waals surface area contributed by atoms with Crippen LogP contribution in [0.4, 0.5) is 0 Å². The van der Waals surface area contributed by atoms with Crippen molar-refractivity contribution in [2.75, 3.05) is 26.2 Å². The summed E-state index contributed by atoms with van der Waals surface area (Å²) in [4.78, 5) is 32.3. The number of nitrogens with one attached hydrogen (secondary N) is 5. The van der Waals surface area contributed by atoms with Gasteiger partial charge < -0.3 is 21.8 Å². The fourth-order valence-electron chi connectivity index (χ4n) is 1.47. The summed E-state index contributed by atoms with van der Waals surface area (Å²) < 4.78 is 0. The minimum absolute atomic E-state index is 0. The Morgan fingerprint density at radius 3 is 2.17 bits per heavy atom. The van der Waals surface area contributed by atoms with Crippen LogP contribution in [0.3, 0.4) is 0 Å². The largest absolute Gasteiger partial charge is 0.344 e. The molecule has 1 aliphatic heterocycles. The second kappa shape index (κ2) is 6.69. The predicted molar refractivity (Wildman–Crippen MR) is 68.1 cm³/mol. The lowest BCUT2D eigenvalue weighted by Gasteiger charge is -2.11. The summed E-state index contributed by atoms with van der Waals surface area (Å²) in [7, 11) is 0. The number of H-pyrrole nitrogens is 3. The van der Waals surface area contributed by atoms with E-state index in [0.29, 0.717) is 0 Å². The van der Waals surface area contributed by atoms with Crippen molar-refractivity contribution in [1.82, 2.24) is 36.7 Å². The van der Waals surface area contributed by atoms with E-state index in [1.54, 1.807) is 0 Å². The first-order chi connectivity index (χ1) is 8.27. The van der Waals surface area contributed by atoms with E-state index in [9.17, 15) is 9.59 Å². The van der Waals surface area contributed by atoms with E-state index >= 15 is 0 Å². The van der Waals surface area contributed by atoms with Crippen molar-refractivity contribution < 1.29 is 0 Å². The highest BCUT2D eigenvalue weighted by molar-refractivity contribution is 5.67. The van der Waals surface area contributed by atoms with Crippen LogP contribution in [0.2, 0.25) is 0 Å². The summed E-state index contributed by atoms with van der Waals surface area (Å²) in [5.74, 6) is 0. The molecule has 2 aromatic rings. The van der Waals surface area contributed by atoms with Crippen molar-refractivity contribution in [2.45, 2.75) is 0 Å². The maximum Gasteiger partial charge on any atom is 0.327 e. The Morgan fingerprint density at radius 2 is 1.61 bits per heavy atom. The van der Waals surface area contributed by atoms with Gasteiger partial charge in [-0.2, -0.15) is 0 Å². The Bertz CT molecular complexity index is 569. The lowest BCUT2D eigenvalue weighted by atomic mass is 10.4. The number of fused-ring (bicyclic) bond motifs is 1. The molecule has 1 fully saturated rings. The zero-order chi connectivity index (χ0) is 12.1. The molecule has 8 N–H and O–H groups in total. The van der Waals surface area contributed by atoms with Gasteiger partial charge in [-0.15, -0.1) is 0 Å². The molecule has 0 atom stereocenters. The summed E-state index contributed by atoms with van der Waals surface area (Å²) in [6, 6.07) is 0. The van der Waals surface area contributed by atoms with E-state index in [4.69, 9.17) is 0 Å². The second-order valence-corrected chi connectivity index (χ2v) is 3.53. The van der Waals surface area contributed by atoms with Gasteiger partial charge in [0.15, 0.2) is 5.65 Å². The monoisotopic (exact) mass is 255 g/mol. The molecule has 9 heteroatoms. The Kier molecular flexibility index (Phi) is 5.24. The van der Waals surface area contributed by atoms with Crippen LogP contribution in [0, 0.1) is 0 Å². The Labute approximate surface area is 102 Å². The SMILES string of the molecule is C1CNCCN1.N.O=c1[nH]c(=O)c2[nH]cnc2[nH]1. The fourth-order valence-corrected chi connectivity index (χ4v) is 1.47. The molecule has 1 aliphatic rings. The molecule has 0 unspecified atom stereocenters. The van der Waals surface area contributed by atoms with E-state index in [2.05, 4.69) is 30.6 Å². The van der Waals surface area contributed by atoms with Gasteiger partial charge >= 0.3 is 5.69 Å².